The number of nitrogens with zero attached hydrogens (tertiary/aromatic N) is 4. The zero-order valence-electron chi connectivity index (χ0n) is 28.5. The van der Waals surface area contributed by atoms with E-state index in [0.717, 1.165) is 34.4 Å². The Hall–Kier alpha value is -3.99. The van der Waals surface area contributed by atoms with E-state index in [1.54, 1.807) is 0 Å². The molecule has 1 spiro atoms. The van der Waals surface area contributed by atoms with Crippen LogP contribution >= 0.6 is 23.2 Å². The van der Waals surface area contributed by atoms with E-state index in [2.05, 4.69) is 87.3 Å². The lowest BCUT2D eigenvalue weighted by Crippen LogP contribution is -2.49. The van der Waals surface area contributed by atoms with Crippen molar-refractivity contribution in [2.24, 2.45) is 11.3 Å². The van der Waals surface area contributed by atoms with E-state index in [1.807, 2.05) is 36.4 Å². The number of hydrogen-bond acceptors (Lipinski definition) is 7. The normalized spacial score (nSPS) is 26.3. The van der Waals surface area contributed by atoms with Gasteiger partial charge in [0.25, 0.3) is 0 Å². The van der Waals surface area contributed by atoms with Crippen LogP contribution in [0.3, 0.4) is 0 Å². The second-order valence-electron chi connectivity index (χ2n) is 15.4. The molecule has 1 saturated heterocycles. The summed E-state index contributed by atoms with van der Waals surface area (Å²) in [5.41, 5.74) is 4.52. The van der Waals surface area contributed by atoms with Crippen LogP contribution < -0.4 is 15.5 Å². The molecule has 4 atom stereocenters. The fourth-order valence-electron chi connectivity index (χ4n) is 8.63. The van der Waals surface area contributed by atoms with Crippen molar-refractivity contribution in [3.63, 3.8) is 0 Å². The standard InChI is InChI=1S/C38H43Cl2N7O3/c1-37(2,3)19-31-38(21-47(30-17-14-25(39)18-28(30)38)20-22-8-10-23(11-9-22)34-43-45-46-44-34)32(27-6-4-5-7-29(27)40)33(42-31)35(48)41-26-15-12-24(13-16-26)36(49)50/h4-11,14,17-18,24,26,31-33,42H,12-13,15-16,19-21H2,1-3H3,(H,41,48)(H,49,50)(H,43,44,45,46)/t24-,26+,31?,32-,33+,38-/m0/s1. The summed E-state index contributed by atoms with van der Waals surface area (Å²) in [6, 6.07) is 21.5. The number of amides is 1. The van der Waals surface area contributed by atoms with Crippen LogP contribution in [0.15, 0.2) is 66.7 Å². The Morgan fingerprint density at radius 2 is 1.76 bits per heavy atom. The van der Waals surface area contributed by atoms with E-state index >= 15 is 0 Å². The Morgan fingerprint density at radius 1 is 1.02 bits per heavy atom. The lowest BCUT2D eigenvalue weighted by Gasteiger charge is -2.40. The molecule has 3 aromatic carbocycles. The van der Waals surface area contributed by atoms with Gasteiger partial charge in [-0.3, -0.25) is 9.59 Å². The summed E-state index contributed by atoms with van der Waals surface area (Å²) in [4.78, 5) is 28.6. The SMILES string of the molecule is CC(C)(C)CC1N[C@@H](C(=O)N[C@H]2CC[C@@H](C(=O)O)CC2)[C@H](c2ccccc2Cl)[C@]12CN(Cc1ccc(-c3nnn[nH]3)cc1)c1ccc(Cl)cc12. The van der Waals surface area contributed by atoms with Crippen molar-refractivity contribution in [3.8, 4) is 11.4 Å². The van der Waals surface area contributed by atoms with Gasteiger partial charge in [0.1, 0.15) is 0 Å². The third kappa shape index (κ3) is 6.61. The summed E-state index contributed by atoms with van der Waals surface area (Å²) >= 11 is 13.9. The summed E-state index contributed by atoms with van der Waals surface area (Å²) < 4.78 is 0. The molecule has 7 rings (SSSR count). The van der Waals surface area contributed by atoms with Gasteiger partial charge in [0, 0.05) is 57.8 Å². The van der Waals surface area contributed by atoms with E-state index in [-0.39, 0.29) is 35.2 Å². The number of carboxylic acids is 1. The number of anilines is 1. The minimum Gasteiger partial charge on any atom is -0.481 e. The third-order valence-corrected chi connectivity index (χ3v) is 11.4. The highest BCUT2D eigenvalue weighted by Crippen LogP contribution is 2.58. The number of carbonyl (C=O) groups excluding carboxylic acids is 1. The fourth-order valence-corrected chi connectivity index (χ4v) is 9.06. The molecule has 1 aromatic heterocycles. The van der Waals surface area contributed by atoms with Crippen molar-refractivity contribution in [2.75, 3.05) is 11.4 Å². The maximum atomic E-state index is 14.6. The van der Waals surface area contributed by atoms with E-state index < -0.39 is 17.4 Å². The fraction of sp³-hybridized carbons (Fsp3) is 0.447. The molecule has 1 amide bonds. The number of aliphatic carboxylic acids is 1. The Labute approximate surface area is 302 Å². The van der Waals surface area contributed by atoms with Crippen LogP contribution in [0.5, 0.6) is 0 Å². The summed E-state index contributed by atoms with van der Waals surface area (Å²) in [5.74, 6) is -0.902. The van der Waals surface area contributed by atoms with Crippen LogP contribution in [0.2, 0.25) is 10.0 Å². The highest BCUT2D eigenvalue weighted by Gasteiger charge is 2.62. The van der Waals surface area contributed by atoms with Crippen LogP contribution in [0.4, 0.5) is 5.69 Å². The number of fused-ring (bicyclic) bond motifs is 2. The van der Waals surface area contributed by atoms with Crippen LogP contribution in [-0.2, 0) is 21.5 Å². The van der Waals surface area contributed by atoms with Gasteiger partial charge in [0.2, 0.25) is 5.91 Å². The maximum Gasteiger partial charge on any atom is 0.306 e. The van der Waals surface area contributed by atoms with Crippen molar-refractivity contribution < 1.29 is 14.7 Å². The van der Waals surface area contributed by atoms with Crippen LogP contribution in [0.1, 0.15) is 75.5 Å². The zero-order valence-corrected chi connectivity index (χ0v) is 30.0. The minimum absolute atomic E-state index is 0.0617. The van der Waals surface area contributed by atoms with E-state index in [1.165, 1.54) is 0 Å². The largest absolute Gasteiger partial charge is 0.481 e. The van der Waals surface area contributed by atoms with Gasteiger partial charge < -0.3 is 20.6 Å². The predicted octanol–water partition coefficient (Wildman–Crippen LogP) is 6.75. The summed E-state index contributed by atoms with van der Waals surface area (Å²) in [6.07, 6.45) is 3.20. The first kappa shape index (κ1) is 34.5. The monoisotopic (exact) mass is 715 g/mol. The number of hydrogen-bond donors (Lipinski definition) is 4. The molecule has 50 heavy (non-hydrogen) atoms. The average Bonchev–Trinajstić information content (AvgIpc) is 3.80. The van der Waals surface area contributed by atoms with Gasteiger partial charge in [0.15, 0.2) is 5.82 Å². The molecule has 0 radical (unpaired) electrons. The van der Waals surface area contributed by atoms with Crippen molar-refractivity contribution >= 4 is 40.8 Å². The topological polar surface area (TPSA) is 136 Å². The molecule has 2 aliphatic heterocycles. The Morgan fingerprint density at radius 3 is 2.42 bits per heavy atom. The highest BCUT2D eigenvalue weighted by molar-refractivity contribution is 6.31. The van der Waals surface area contributed by atoms with Gasteiger partial charge in [-0.25, -0.2) is 5.10 Å². The van der Waals surface area contributed by atoms with Gasteiger partial charge >= 0.3 is 5.97 Å². The molecular formula is C38H43Cl2N7O3. The lowest BCUT2D eigenvalue weighted by atomic mass is 9.63. The van der Waals surface area contributed by atoms with Gasteiger partial charge in [0.05, 0.1) is 12.0 Å². The first-order valence-corrected chi connectivity index (χ1v) is 18.1. The molecule has 4 aromatic rings. The number of H-pyrrole nitrogens is 1. The quantitative estimate of drug-likeness (QED) is 0.157. The van der Waals surface area contributed by atoms with Gasteiger partial charge in [-0.15, -0.1) is 5.10 Å². The minimum atomic E-state index is -0.760. The molecule has 12 heteroatoms. The number of aromatic nitrogens is 4. The molecule has 3 heterocycles. The number of halogens is 2. The van der Waals surface area contributed by atoms with Crippen molar-refractivity contribution in [3.05, 3.63) is 93.5 Å². The Bertz CT molecular complexity index is 1850. The summed E-state index contributed by atoms with van der Waals surface area (Å²) in [5, 5.41) is 32.3. The van der Waals surface area contributed by atoms with E-state index in [4.69, 9.17) is 23.2 Å². The predicted molar refractivity (Wildman–Crippen MR) is 194 cm³/mol. The molecule has 0 bridgehead atoms. The maximum absolute atomic E-state index is 14.6. The lowest BCUT2D eigenvalue weighted by molar-refractivity contribution is -0.142. The third-order valence-electron chi connectivity index (χ3n) is 10.9. The average molecular weight is 717 g/mol. The van der Waals surface area contributed by atoms with Crippen molar-refractivity contribution in [1.82, 2.24) is 31.3 Å². The second kappa shape index (κ2) is 13.6. The number of benzene rings is 3. The molecule has 4 N–H and O–H groups in total. The second-order valence-corrected chi connectivity index (χ2v) is 16.2. The number of rotatable bonds is 8. The smallest absolute Gasteiger partial charge is 0.306 e. The molecular weight excluding hydrogens is 673 g/mol. The molecule has 1 saturated carbocycles. The molecule has 10 nitrogen and oxygen atoms in total. The van der Waals surface area contributed by atoms with Crippen LogP contribution in [-0.4, -0.2) is 62.3 Å². The summed E-state index contributed by atoms with van der Waals surface area (Å²) in [6.45, 7) is 8.00. The molecule has 2 fully saturated rings. The number of tetrazole rings is 1. The van der Waals surface area contributed by atoms with Gasteiger partial charge in [-0.2, -0.15) is 0 Å². The van der Waals surface area contributed by atoms with Crippen LogP contribution in [0, 0.1) is 11.3 Å². The number of carboxylic acid groups (broad SMARTS) is 1. The number of nitrogens with one attached hydrogen (secondary N) is 3. The molecule has 1 aliphatic carbocycles. The van der Waals surface area contributed by atoms with Gasteiger partial charge in [-0.05, 0) is 88.9 Å². The first-order chi connectivity index (χ1) is 23.9. The van der Waals surface area contributed by atoms with Crippen molar-refractivity contribution in [1.29, 1.82) is 0 Å². The Balaban J connectivity index is 1.29. The number of aromatic amines is 1. The van der Waals surface area contributed by atoms with E-state index in [9.17, 15) is 14.7 Å². The molecule has 262 valence electrons. The zero-order chi connectivity index (χ0) is 35.2. The first-order valence-electron chi connectivity index (χ1n) is 17.3. The molecule has 3 aliphatic rings. The van der Waals surface area contributed by atoms with Gasteiger partial charge in [-0.1, -0.05) is 86.4 Å². The molecule has 1 unspecified atom stereocenters. The Kier molecular flexibility index (Phi) is 9.39. The van der Waals surface area contributed by atoms with Crippen molar-refractivity contribution in [2.45, 2.75) is 88.9 Å². The highest BCUT2D eigenvalue weighted by atomic mass is 35.5. The van der Waals surface area contributed by atoms with E-state index in [0.29, 0.717) is 54.6 Å². The van der Waals surface area contributed by atoms with Crippen LogP contribution in [0.25, 0.3) is 11.4 Å². The summed E-state index contributed by atoms with van der Waals surface area (Å²) in [7, 11) is 0. The number of carbonyl (C=O) groups is 2.